The first-order valence-electron chi connectivity index (χ1n) is 6.66. The zero-order valence-electron chi connectivity index (χ0n) is 11.6. The molecule has 112 valence electrons. The molecule has 0 fully saturated rings. The summed E-state index contributed by atoms with van der Waals surface area (Å²) < 4.78 is 32.7. The summed E-state index contributed by atoms with van der Waals surface area (Å²) in [6, 6.07) is 8.91. The van der Waals surface area contributed by atoms with Gasteiger partial charge < -0.3 is 10.1 Å². The molecule has 0 bridgehead atoms. The molecule has 0 saturated heterocycles. The summed E-state index contributed by atoms with van der Waals surface area (Å²) in [4.78, 5) is 0. The summed E-state index contributed by atoms with van der Waals surface area (Å²) in [5, 5.41) is 3.52. The summed E-state index contributed by atoms with van der Waals surface area (Å²) in [6.07, 6.45) is 0. The average Bonchev–Trinajstić information content (AvgIpc) is 2.47. The molecule has 1 N–H and O–H groups in total. The summed E-state index contributed by atoms with van der Waals surface area (Å²) in [5.74, 6) is -0.800. The molecule has 0 aliphatic carbocycles. The molecule has 0 amide bonds. The van der Waals surface area contributed by atoms with Crippen LogP contribution in [0.1, 0.15) is 18.1 Å². The lowest BCUT2D eigenvalue weighted by Gasteiger charge is -2.10. The van der Waals surface area contributed by atoms with Crippen molar-refractivity contribution in [3.05, 3.63) is 64.2 Å². The van der Waals surface area contributed by atoms with Crippen molar-refractivity contribution < 1.29 is 13.5 Å². The Morgan fingerprint density at radius 3 is 2.62 bits per heavy atom. The van der Waals surface area contributed by atoms with Crippen molar-refractivity contribution in [1.29, 1.82) is 0 Å². The van der Waals surface area contributed by atoms with E-state index in [-0.39, 0.29) is 12.4 Å². The van der Waals surface area contributed by atoms with E-state index in [2.05, 4.69) is 5.32 Å². The minimum atomic E-state index is -0.465. The minimum Gasteiger partial charge on any atom is -0.486 e. The van der Waals surface area contributed by atoms with Crippen LogP contribution in [0.15, 0.2) is 36.4 Å². The Balaban J connectivity index is 2.04. The van der Waals surface area contributed by atoms with Crippen molar-refractivity contribution in [2.75, 3.05) is 6.54 Å². The zero-order chi connectivity index (χ0) is 15.2. The van der Waals surface area contributed by atoms with Crippen LogP contribution >= 0.6 is 11.6 Å². The molecule has 0 radical (unpaired) electrons. The smallest absolute Gasteiger partial charge is 0.165 e. The SMILES string of the molecule is CCNCc1ccc(OCc2cc(Cl)ccc2F)c(F)c1. The predicted octanol–water partition coefficient (Wildman–Crippen LogP) is 4.31. The van der Waals surface area contributed by atoms with E-state index in [1.54, 1.807) is 12.1 Å². The molecule has 0 aromatic heterocycles. The van der Waals surface area contributed by atoms with Crippen LogP contribution in [-0.4, -0.2) is 6.54 Å². The maximum atomic E-state index is 13.9. The molecule has 2 nitrogen and oxygen atoms in total. The van der Waals surface area contributed by atoms with Gasteiger partial charge in [-0.3, -0.25) is 0 Å². The second-order valence-corrected chi connectivity index (χ2v) is 5.01. The van der Waals surface area contributed by atoms with Gasteiger partial charge >= 0.3 is 0 Å². The van der Waals surface area contributed by atoms with Crippen LogP contribution in [0.4, 0.5) is 8.78 Å². The Kier molecular flexibility index (Phi) is 5.53. The Morgan fingerprint density at radius 1 is 1.10 bits per heavy atom. The van der Waals surface area contributed by atoms with Gasteiger partial charge in [-0.25, -0.2) is 8.78 Å². The van der Waals surface area contributed by atoms with E-state index in [0.29, 0.717) is 17.1 Å². The highest BCUT2D eigenvalue weighted by molar-refractivity contribution is 6.30. The summed E-state index contributed by atoms with van der Waals surface area (Å²) in [7, 11) is 0. The molecule has 0 heterocycles. The molecule has 2 aromatic carbocycles. The summed E-state index contributed by atoms with van der Waals surface area (Å²) >= 11 is 5.80. The number of nitrogens with one attached hydrogen (secondary N) is 1. The van der Waals surface area contributed by atoms with Gasteiger partial charge in [0.05, 0.1) is 0 Å². The van der Waals surface area contributed by atoms with Crippen LogP contribution in [0.5, 0.6) is 5.75 Å². The van der Waals surface area contributed by atoms with Crippen molar-refractivity contribution in [3.63, 3.8) is 0 Å². The predicted molar refractivity (Wildman–Crippen MR) is 79.5 cm³/mol. The van der Waals surface area contributed by atoms with Crippen molar-refractivity contribution in [3.8, 4) is 5.75 Å². The fourth-order valence-corrected chi connectivity index (χ4v) is 2.04. The van der Waals surface area contributed by atoms with Crippen LogP contribution in [0, 0.1) is 11.6 Å². The van der Waals surface area contributed by atoms with E-state index in [0.717, 1.165) is 12.1 Å². The number of hydrogen-bond donors (Lipinski definition) is 1. The molecule has 2 rings (SSSR count). The van der Waals surface area contributed by atoms with Crippen molar-refractivity contribution in [2.45, 2.75) is 20.1 Å². The maximum absolute atomic E-state index is 13.9. The third-order valence-electron chi connectivity index (χ3n) is 2.97. The van der Waals surface area contributed by atoms with Crippen molar-refractivity contribution >= 4 is 11.6 Å². The van der Waals surface area contributed by atoms with E-state index in [1.807, 2.05) is 6.92 Å². The second-order valence-electron chi connectivity index (χ2n) is 4.57. The molecule has 0 atom stereocenters. The molecule has 21 heavy (non-hydrogen) atoms. The molecular weight excluding hydrogens is 296 g/mol. The molecule has 0 aliphatic rings. The quantitative estimate of drug-likeness (QED) is 0.858. The van der Waals surface area contributed by atoms with Gasteiger partial charge in [0.25, 0.3) is 0 Å². The van der Waals surface area contributed by atoms with Gasteiger partial charge in [-0.1, -0.05) is 24.6 Å². The minimum absolute atomic E-state index is 0.0735. The lowest BCUT2D eigenvalue weighted by Crippen LogP contribution is -2.11. The van der Waals surface area contributed by atoms with Crippen LogP contribution in [0.2, 0.25) is 5.02 Å². The normalized spacial score (nSPS) is 10.7. The first kappa shape index (κ1) is 15.7. The van der Waals surface area contributed by atoms with Crippen LogP contribution in [0.3, 0.4) is 0 Å². The lowest BCUT2D eigenvalue weighted by atomic mass is 10.2. The molecule has 2 aromatic rings. The highest BCUT2D eigenvalue weighted by Gasteiger charge is 2.08. The van der Waals surface area contributed by atoms with Gasteiger partial charge in [0.15, 0.2) is 11.6 Å². The van der Waals surface area contributed by atoms with E-state index < -0.39 is 11.6 Å². The molecule has 0 aliphatic heterocycles. The van der Waals surface area contributed by atoms with Gasteiger partial charge in [-0.05, 0) is 42.4 Å². The number of halogens is 3. The molecule has 0 unspecified atom stereocenters. The Hall–Kier alpha value is -1.65. The maximum Gasteiger partial charge on any atom is 0.165 e. The van der Waals surface area contributed by atoms with Crippen LogP contribution in [0.25, 0.3) is 0 Å². The fourth-order valence-electron chi connectivity index (χ4n) is 1.85. The van der Waals surface area contributed by atoms with Crippen molar-refractivity contribution in [1.82, 2.24) is 5.32 Å². The highest BCUT2D eigenvalue weighted by Crippen LogP contribution is 2.21. The number of rotatable bonds is 6. The molecule has 5 heteroatoms. The third kappa shape index (κ3) is 4.41. The topological polar surface area (TPSA) is 21.3 Å². The summed E-state index contributed by atoms with van der Waals surface area (Å²) in [6.45, 7) is 3.31. The standard InChI is InChI=1S/C16H16ClF2NO/c1-2-20-9-11-3-6-16(15(19)7-11)21-10-12-8-13(17)4-5-14(12)18/h3-8,20H,2,9-10H2,1H3. The van der Waals surface area contributed by atoms with E-state index >= 15 is 0 Å². The monoisotopic (exact) mass is 311 g/mol. The number of hydrogen-bond acceptors (Lipinski definition) is 2. The number of benzene rings is 2. The highest BCUT2D eigenvalue weighted by atomic mass is 35.5. The lowest BCUT2D eigenvalue weighted by molar-refractivity contribution is 0.284. The van der Waals surface area contributed by atoms with E-state index in [9.17, 15) is 8.78 Å². The third-order valence-corrected chi connectivity index (χ3v) is 3.20. The first-order valence-corrected chi connectivity index (χ1v) is 7.04. The van der Waals surface area contributed by atoms with Gasteiger partial charge in [0.2, 0.25) is 0 Å². The van der Waals surface area contributed by atoms with E-state index in [1.165, 1.54) is 24.3 Å². The number of ether oxygens (including phenoxy) is 1. The van der Waals surface area contributed by atoms with Crippen LogP contribution < -0.4 is 10.1 Å². The van der Waals surface area contributed by atoms with Crippen LogP contribution in [-0.2, 0) is 13.2 Å². The molecule has 0 saturated carbocycles. The van der Waals surface area contributed by atoms with E-state index in [4.69, 9.17) is 16.3 Å². The molecular formula is C16H16ClF2NO. The Labute approximate surface area is 127 Å². The zero-order valence-corrected chi connectivity index (χ0v) is 12.4. The van der Waals surface area contributed by atoms with Gasteiger partial charge in [0.1, 0.15) is 12.4 Å². The molecule has 0 spiro atoms. The second kappa shape index (κ2) is 7.38. The van der Waals surface area contributed by atoms with Gasteiger partial charge in [-0.15, -0.1) is 0 Å². The first-order chi connectivity index (χ1) is 10.1. The Bertz CT molecular complexity index is 619. The van der Waals surface area contributed by atoms with Gasteiger partial charge in [0, 0.05) is 17.1 Å². The summed E-state index contributed by atoms with van der Waals surface area (Å²) in [5.41, 5.74) is 1.12. The van der Waals surface area contributed by atoms with Gasteiger partial charge in [-0.2, -0.15) is 0 Å². The largest absolute Gasteiger partial charge is 0.486 e. The average molecular weight is 312 g/mol. The Morgan fingerprint density at radius 2 is 1.90 bits per heavy atom. The van der Waals surface area contributed by atoms with Crippen molar-refractivity contribution in [2.24, 2.45) is 0 Å². The fraction of sp³-hybridized carbons (Fsp3) is 0.250.